The first-order chi connectivity index (χ1) is 10.7. The van der Waals surface area contributed by atoms with E-state index in [-0.39, 0.29) is 12.1 Å². The molecule has 4 nitrogen and oxygen atoms in total. The number of ether oxygens (including phenoxy) is 1. The van der Waals surface area contributed by atoms with Gasteiger partial charge >= 0.3 is 6.09 Å². The highest BCUT2D eigenvalue weighted by molar-refractivity contribution is 7.89. The molecule has 0 N–H and O–H groups in total. The van der Waals surface area contributed by atoms with Crippen LogP contribution < -0.4 is 0 Å². The van der Waals surface area contributed by atoms with Crippen molar-refractivity contribution < 1.29 is 13.7 Å². The van der Waals surface area contributed by atoms with E-state index in [4.69, 9.17) is 4.74 Å². The van der Waals surface area contributed by atoms with Crippen LogP contribution in [0.5, 0.6) is 0 Å². The summed E-state index contributed by atoms with van der Waals surface area (Å²) in [4.78, 5) is 15.3. The molecular weight excluding hydrogens is 310 g/mol. The second-order valence-corrected chi connectivity index (χ2v) is 8.41. The van der Waals surface area contributed by atoms with Gasteiger partial charge in [0.15, 0.2) is 0 Å². The predicted molar refractivity (Wildman–Crippen MR) is 92.7 cm³/mol. The largest absolute Gasteiger partial charge is 0.444 e. The van der Waals surface area contributed by atoms with Crippen LogP contribution in [0.1, 0.15) is 39.2 Å². The maximum Gasteiger partial charge on any atom is 0.410 e. The Hall–Kier alpha value is -1.62. The molecule has 1 fully saturated rings. The molecular formula is C18H25NO3S. The Balaban J connectivity index is 2.12. The molecule has 1 amide bonds. The van der Waals surface area contributed by atoms with Crippen LogP contribution >= 0.6 is 0 Å². The Morgan fingerprint density at radius 3 is 2.48 bits per heavy atom. The smallest absolute Gasteiger partial charge is 0.410 e. The number of carbonyl (C=O) groups excluding carboxylic acids is 1. The van der Waals surface area contributed by atoms with E-state index in [1.165, 1.54) is 0 Å². The molecule has 1 aliphatic heterocycles. The molecule has 0 aromatic heterocycles. The number of aryl methyl sites for hydroxylation is 1. The van der Waals surface area contributed by atoms with Gasteiger partial charge in [0, 0.05) is 16.3 Å². The third kappa shape index (κ3) is 4.44. The highest BCUT2D eigenvalue weighted by atomic mass is 32.2. The van der Waals surface area contributed by atoms with Crippen molar-refractivity contribution in [3.63, 3.8) is 0 Å². The summed E-state index contributed by atoms with van der Waals surface area (Å²) in [7, 11) is -1.33. The van der Waals surface area contributed by atoms with Gasteiger partial charge in [0.25, 0.3) is 0 Å². The number of hydrogen-bond acceptors (Lipinski definition) is 3. The lowest BCUT2D eigenvalue weighted by Crippen LogP contribution is -2.41. The average molecular weight is 335 g/mol. The van der Waals surface area contributed by atoms with Crippen LogP contribution in [0.15, 0.2) is 40.6 Å². The summed E-state index contributed by atoms with van der Waals surface area (Å²) in [5, 5.41) is 0. The van der Waals surface area contributed by atoms with Gasteiger partial charge in [-0.3, -0.25) is 0 Å². The minimum atomic E-state index is -1.33. The van der Waals surface area contributed by atoms with Gasteiger partial charge in [-0.05, 0) is 52.7 Å². The summed E-state index contributed by atoms with van der Waals surface area (Å²) >= 11 is 0. The summed E-state index contributed by atoms with van der Waals surface area (Å²) in [5.41, 5.74) is 0.578. The average Bonchev–Trinajstić information content (AvgIpc) is 2.94. The lowest BCUT2D eigenvalue weighted by Gasteiger charge is -2.29. The molecule has 23 heavy (non-hydrogen) atoms. The van der Waals surface area contributed by atoms with Gasteiger partial charge in [-0.2, -0.15) is 0 Å². The zero-order valence-electron chi connectivity index (χ0n) is 14.3. The quantitative estimate of drug-likeness (QED) is 0.838. The SMILES string of the molecule is C=C([C@@H]1CCCN1C(=O)OC(C)(C)C)S(=O)c1ccc(C)cc1. The van der Waals surface area contributed by atoms with Crippen molar-refractivity contribution in [3.05, 3.63) is 41.3 Å². The molecule has 1 aromatic carbocycles. The van der Waals surface area contributed by atoms with E-state index in [0.29, 0.717) is 11.4 Å². The molecule has 2 rings (SSSR count). The topological polar surface area (TPSA) is 46.6 Å². The third-order valence-corrected chi connectivity index (χ3v) is 5.17. The Kier molecular flexibility index (Phi) is 5.30. The molecule has 1 aromatic rings. The minimum absolute atomic E-state index is 0.230. The van der Waals surface area contributed by atoms with Crippen LogP contribution in [0.25, 0.3) is 0 Å². The summed E-state index contributed by atoms with van der Waals surface area (Å²) in [6.07, 6.45) is 1.28. The second kappa shape index (κ2) is 6.87. The zero-order chi connectivity index (χ0) is 17.2. The van der Waals surface area contributed by atoms with Crippen LogP contribution in [0.2, 0.25) is 0 Å². The molecule has 0 spiro atoms. The minimum Gasteiger partial charge on any atom is -0.444 e. The second-order valence-electron chi connectivity index (χ2n) is 6.88. The molecule has 1 saturated heterocycles. The molecule has 0 aliphatic carbocycles. The lowest BCUT2D eigenvalue weighted by atomic mass is 10.2. The third-order valence-electron chi connectivity index (χ3n) is 3.73. The van der Waals surface area contributed by atoms with E-state index in [1.807, 2.05) is 52.0 Å². The van der Waals surface area contributed by atoms with Crippen molar-refractivity contribution in [1.29, 1.82) is 0 Å². The van der Waals surface area contributed by atoms with E-state index in [1.54, 1.807) is 4.90 Å². The number of nitrogens with zero attached hydrogens (tertiary/aromatic N) is 1. The molecule has 0 radical (unpaired) electrons. The van der Waals surface area contributed by atoms with Crippen LogP contribution in [-0.2, 0) is 15.5 Å². The number of rotatable bonds is 3. The van der Waals surface area contributed by atoms with Crippen molar-refractivity contribution in [2.24, 2.45) is 0 Å². The maximum atomic E-state index is 12.7. The van der Waals surface area contributed by atoms with Crippen molar-refractivity contribution in [2.75, 3.05) is 6.54 Å². The van der Waals surface area contributed by atoms with E-state index >= 15 is 0 Å². The first-order valence-corrected chi connectivity index (χ1v) is 9.01. The molecule has 1 unspecified atom stereocenters. The van der Waals surface area contributed by atoms with Gasteiger partial charge < -0.3 is 9.64 Å². The Morgan fingerprint density at radius 2 is 1.91 bits per heavy atom. The highest BCUT2D eigenvalue weighted by Crippen LogP contribution is 2.29. The van der Waals surface area contributed by atoms with Gasteiger partial charge in [-0.1, -0.05) is 24.3 Å². The van der Waals surface area contributed by atoms with Gasteiger partial charge in [-0.15, -0.1) is 0 Å². The van der Waals surface area contributed by atoms with Crippen LogP contribution in [0.4, 0.5) is 4.79 Å². The van der Waals surface area contributed by atoms with Crippen molar-refractivity contribution in [1.82, 2.24) is 4.90 Å². The van der Waals surface area contributed by atoms with Gasteiger partial charge in [0.05, 0.1) is 16.8 Å². The normalized spacial score (nSPS) is 19.5. The Labute approximate surface area is 141 Å². The molecule has 126 valence electrons. The number of amides is 1. The summed E-state index contributed by atoms with van der Waals surface area (Å²) in [6.45, 7) is 12.1. The van der Waals surface area contributed by atoms with E-state index < -0.39 is 16.4 Å². The maximum absolute atomic E-state index is 12.7. The Bertz CT molecular complexity index is 616. The molecule has 1 heterocycles. The van der Waals surface area contributed by atoms with Crippen molar-refractivity contribution in [2.45, 2.75) is 57.1 Å². The number of likely N-dealkylation sites (tertiary alicyclic amines) is 1. The molecule has 0 saturated carbocycles. The van der Waals surface area contributed by atoms with Crippen LogP contribution in [0.3, 0.4) is 0 Å². The summed E-state index contributed by atoms with van der Waals surface area (Å²) < 4.78 is 18.2. The number of hydrogen-bond donors (Lipinski definition) is 0. The molecule has 0 bridgehead atoms. The fourth-order valence-corrected chi connectivity index (χ4v) is 3.76. The monoisotopic (exact) mass is 335 g/mol. The zero-order valence-corrected chi connectivity index (χ0v) is 15.1. The fraction of sp³-hybridized carbons (Fsp3) is 0.500. The lowest BCUT2D eigenvalue weighted by molar-refractivity contribution is 0.0254. The molecule has 5 heteroatoms. The standard InChI is InChI=1S/C18H25NO3S/c1-13-8-10-15(11-9-13)23(21)14(2)16-7-6-12-19(16)17(20)22-18(3,4)5/h8-11,16H,2,6-7,12H2,1,3-5H3/t16-,23?/m0/s1. The summed E-state index contributed by atoms with van der Waals surface area (Å²) in [5.74, 6) is 0. The van der Waals surface area contributed by atoms with E-state index in [0.717, 1.165) is 23.3 Å². The molecule has 2 atom stereocenters. The first-order valence-electron chi connectivity index (χ1n) is 7.86. The van der Waals surface area contributed by atoms with Crippen LogP contribution in [0, 0.1) is 6.92 Å². The number of carbonyl (C=O) groups is 1. The summed E-state index contributed by atoms with van der Waals surface area (Å²) in [6, 6.07) is 7.33. The first kappa shape index (κ1) is 17.7. The van der Waals surface area contributed by atoms with E-state index in [2.05, 4.69) is 6.58 Å². The van der Waals surface area contributed by atoms with Gasteiger partial charge in [0.2, 0.25) is 0 Å². The molecule has 1 aliphatic rings. The van der Waals surface area contributed by atoms with Crippen molar-refractivity contribution >= 4 is 16.9 Å². The predicted octanol–water partition coefficient (Wildman–Crippen LogP) is 4.02. The van der Waals surface area contributed by atoms with E-state index in [9.17, 15) is 9.00 Å². The van der Waals surface area contributed by atoms with Gasteiger partial charge in [-0.25, -0.2) is 9.00 Å². The number of benzene rings is 1. The van der Waals surface area contributed by atoms with Gasteiger partial charge in [0.1, 0.15) is 5.60 Å². The Morgan fingerprint density at radius 1 is 1.30 bits per heavy atom. The highest BCUT2D eigenvalue weighted by Gasteiger charge is 2.35. The fourth-order valence-electron chi connectivity index (χ4n) is 2.58. The van der Waals surface area contributed by atoms with Crippen molar-refractivity contribution in [3.8, 4) is 0 Å². The van der Waals surface area contributed by atoms with Crippen LogP contribution in [-0.4, -0.2) is 33.4 Å².